The number of likely N-dealkylation sites (tertiary alicyclic amines) is 1. The minimum absolute atomic E-state index is 0.0865. The van der Waals surface area contributed by atoms with Gasteiger partial charge in [0, 0.05) is 18.0 Å². The highest BCUT2D eigenvalue weighted by molar-refractivity contribution is 7.09. The van der Waals surface area contributed by atoms with Crippen LogP contribution in [0.5, 0.6) is 0 Å². The molecule has 3 atom stereocenters. The van der Waals surface area contributed by atoms with Crippen LogP contribution in [-0.4, -0.2) is 28.4 Å². The molecule has 2 heterocycles. The SMILES string of the molecule is CC(N)c1nc(C(=O)N2CC3CCC2C3)cs1. The first-order valence-corrected chi connectivity index (χ1v) is 7.05. The van der Waals surface area contributed by atoms with Gasteiger partial charge in [-0.3, -0.25) is 4.79 Å². The molecule has 2 bridgehead atoms. The topological polar surface area (TPSA) is 59.2 Å². The van der Waals surface area contributed by atoms with Crippen LogP contribution < -0.4 is 5.73 Å². The highest BCUT2D eigenvalue weighted by Crippen LogP contribution is 2.38. The lowest BCUT2D eigenvalue weighted by Gasteiger charge is -2.26. The number of hydrogen-bond acceptors (Lipinski definition) is 4. The molecule has 1 aliphatic carbocycles. The Bertz CT molecular complexity index is 443. The summed E-state index contributed by atoms with van der Waals surface area (Å²) >= 11 is 1.48. The van der Waals surface area contributed by atoms with E-state index in [9.17, 15) is 4.79 Å². The van der Waals surface area contributed by atoms with Gasteiger partial charge < -0.3 is 10.6 Å². The number of nitrogens with two attached hydrogens (primary N) is 1. The molecule has 4 nitrogen and oxygen atoms in total. The largest absolute Gasteiger partial charge is 0.334 e. The van der Waals surface area contributed by atoms with Gasteiger partial charge in [0.2, 0.25) is 0 Å². The van der Waals surface area contributed by atoms with Gasteiger partial charge in [0.05, 0.1) is 6.04 Å². The van der Waals surface area contributed by atoms with Gasteiger partial charge in [-0.1, -0.05) is 0 Å². The standard InChI is InChI=1S/C12H17N3OS/c1-7(13)11-14-10(6-17-11)12(16)15-5-8-2-3-9(15)4-8/h6-9H,2-5,13H2,1H3. The highest BCUT2D eigenvalue weighted by atomic mass is 32.1. The Labute approximate surface area is 105 Å². The first-order chi connectivity index (χ1) is 8.15. The van der Waals surface area contributed by atoms with E-state index in [1.807, 2.05) is 17.2 Å². The Morgan fingerprint density at radius 3 is 3.00 bits per heavy atom. The summed E-state index contributed by atoms with van der Waals surface area (Å²) in [5.74, 6) is 0.829. The molecule has 1 saturated carbocycles. The normalized spacial score (nSPS) is 28.7. The van der Waals surface area contributed by atoms with Crippen LogP contribution in [0.25, 0.3) is 0 Å². The zero-order chi connectivity index (χ0) is 12.0. The van der Waals surface area contributed by atoms with Crippen LogP contribution in [0.4, 0.5) is 0 Å². The average molecular weight is 251 g/mol. The van der Waals surface area contributed by atoms with Crippen molar-refractivity contribution in [1.29, 1.82) is 0 Å². The first kappa shape index (κ1) is 11.2. The zero-order valence-corrected chi connectivity index (χ0v) is 10.7. The second kappa shape index (κ2) is 4.07. The number of nitrogens with zero attached hydrogens (tertiary/aromatic N) is 2. The molecule has 1 amide bonds. The fourth-order valence-corrected chi connectivity index (χ4v) is 3.67. The second-order valence-corrected chi connectivity index (χ2v) is 6.04. The van der Waals surface area contributed by atoms with Gasteiger partial charge in [0.1, 0.15) is 10.7 Å². The van der Waals surface area contributed by atoms with Crippen LogP contribution in [0.2, 0.25) is 0 Å². The molecule has 5 heteroatoms. The van der Waals surface area contributed by atoms with E-state index in [1.54, 1.807) is 0 Å². The van der Waals surface area contributed by atoms with Crippen molar-refractivity contribution >= 4 is 17.2 Å². The Morgan fingerprint density at radius 1 is 1.65 bits per heavy atom. The lowest BCUT2D eigenvalue weighted by molar-refractivity contribution is 0.0698. The van der Waals surface area contributed by atoms with Gasteiger partial charge in [-0.2, -0.15) is 0 Å². The fraction of sp³-hybridized carbons (Fsp3) is 0.667. The van der Waals surface area contributed by atoms with E-state index in [4.69, 9.17) is 5.73 Å². The maximum atomic E-state index is 12.3. The van der Waals surface area contributed by atoms with Crippen molar-refractivity contribution in [1.82, 2.24) is 9.88 Å². The van der Waals surface area contributed by atoms with Crippen LogP contribution in [0.3, 0.4) is 0 Å². The molecule has 2 fully saturated rings. The summed E-state index contributed by atoms with van der Waals surface area (Å²) in [6.45, 7) is 2.82. The zero-order valence-electron chi connectivity index (χ0n) is 9.93. The average Bonchev–Trinajstić information content (AvgIpc) is 3.03. The van der Waals surface area contributed by atoms with E-state index >= 15 is 0 Å². The molecule has 2 N–H and O–H groups in total. The molecule has 3 unspecified atom stereocenters. The van der Waals surface area contributed by atoms with Crippen LogP contribution in [0, 0.1) is 5.92 Å². The van der Waals surface area contributed by atoms with E-state index in [0.29, 0.717) is 11.7 Å². The predicted octanol–water partition coefficient (Wildman–Crippen LogP) is 1.79. The van der Waals surface area contributed by atoms with Crippen molar-refractivity contribution in [3.05, 3.63) is 16.1 Å². The number of carbonyl (C=O) groups is 1. The molecule has 2 aliphatic rings. The molecule has 17 heavy (non-hydrogen) atoms. The molecule has 3 rings (SSSR count). The summed E-state index contributed by atoms with van der Waals surface area (Å²) in [6.07, 6.45) is 3.65. The highest BCUT2D eigenvalue weighted by Gasteiger charge is 2.40. The first-order valence-electron chi connectivity index (χ1n) is 6.17. The number of rotatable bonds is 2. The van der Waals surface area contributed by atoms with E-state index in [0.717, 1.165) is 17.5 Å². The third-order valence-electron chi connectivity index (χ3n) is 3.80. The van der Waals surface area contributed by atoms with Crippen LogP contribution in [0.1, 0.15) is 47.7 Å². The number of piperidine rings is 1. The van der Waals surface area contributed by atoms with Gasteiger partial charge in [-0.05, 0) is 32.1 Å². The summed E-state index contributed by atoms with van der Waals surface area (Å²) in [6, 6.07) is 0.379. The maximum Gasteiger partial charge on any atom is 0.273 e. The van der Waals surface area contributed by atoms with Crippen molar-refractivity contribution in [2.24, 2.45) is 11.7 Å². The molecule has 0 radical (unpaired) electrons. The number of thiazole rings is 1. The number of fused-ring (bicyclic) bond motifs is 2. The van der Waals surface area contributed by atoms with E-state index in [1.165, 1.54) is 30.6 Å². The molecule has 0 spiro atoms. The van der Waals surface area contributed by atoms with Gasteiger partial charge in [-0.15, -0.1) is 11.3 Å². The lowest BCUT2D eigenvalue weighted by atomic mass is 10.1. The van der Waals surface area contributed by atoms with Crippen LogP contribution in [0.15, 0.2) is 5.38 Å². The fourth-order valence-electron chi connectivity index (χ4n) is 2.92. The molecular weight excluding hydrogens is 234 g/mol. The minimum Gasteiger partial charge on any atom is -0.334 e. The molecule has 1 aromatic rings. The monoisotopic (exact) mass is 251 g/mol. The Kier molecular flexibility index (Phi) is 2.67. The van der Waals surface area contributed by atoms with Crippen molar-refractivity contribution in [2.75, 3.05) is 6.54 Å². The van der Waals surface area contributed by atoms with E-state index in [2.05, 4.69) is 4.98 Å². The third-order valence-corrected chi connectivity index (χ3v) is 4.85. The molecule has 92 valence electrons. The predicted molar refractivity (Wildman–Crippen MR) is 66.9 cm³/mol. The lowest BCUT2D eigenvalue weighted by Crippen LogP contribution is -2.37. The van der Waals surface area contributed by atoms with E-state index < -0.39 is 0 Å². The quantitative estimate of drug-likeness (QED) is 0.871. The van der Waals surface area contributed by atoms with Crippen LogP contribution >= 0.6 is 11.3 Å². The Morgan fingerprint density at radius 2 is 2.47 bits per heavy atom. The molecular formula is C12H17N3OS. The summed E-state index contributed by atoms with van der Waals surface area (Å²) in [5, 5.41) is 2.69. The van der Waals surface area contributed by atoms with Crippen molar-refractivity contribution in [2.45, 2.75) is 38.3 Å². The summed E-state index contributed by atoms with van der Waals surface area (Å²) in [7, 11) is 0. The number of carbonyl (C=O) groups excluding carboxylic acids is 1. The van der Waals surface area contributed by atoms with Crippen LogP contribution in [-0.2, 0) is 0 Å². The maximum absolute atomic E-state index is 12.3. The van der Waals surface area contributed by atoms with Gasteiger partial charge in [0.15, 0.2) is 0 Å². The summed E-state index contributed by atoms with van der Waals surface area (Å²) in [4.78, 5) is 18.7. The number of amides is 1. The minimum atomic E-state index is -0.0865. The smallest absolute Gasteiger partial charge is 0.273 e. The van der Waals surface area contributed by atoms with Gasteiger partial charge in [-0.25, -0.2) is 4.98 Å². The van der Waals surface area contributed by atoms with Crippen molar-refractivity contribution < 1.29 is 4.79 Å². The van der Waals surface area contributed by atoms with Gasteiger partial charge in [0.25, 0.3) is 5.91 Å². The van der Waals surface area contributed by atoms with Crippen molar-refractivity contribution in [3.63, 3.8) is 0 Å². The molecule has 0 aromatic carbocycles. The number of hydrogen-bond donors (Lipinski definition) is 1. The number of aromatic nitrogens is 1. The van der Waals surface area contributed by atoms with E-state index in [-0.39, 0.29) is 11.9 Å². The molecule has 1 aliphatic heterocycles. The second-order valence-electron chi connectivity index (χ2n) is 5.15. The van der Waals surface area contributed by atoms with Gasteiger partial charge >= 0.3 is 0 Å². The Balaban J connectivity index is 1.77. The van der Waals surface area contributed by atoms with Crippen molar-refractivity contribution in [3.8, 4) is 0 Å². The Hall–Kier alpha value is -0.940. The summed E-state index contributed by atoms with van der Waals surface area (Å²) < 4.78 is 0. The third kappa shape index (κ3) is 1.87. The summed E-state index contributed by atoms with van der Waals surface area (Å²) in [5.41, 5.74) is 6.34. The molecule has 1 aromatic heterocycles. The molecule has 1 saturated heterocycles.